The maximum Gasteiger partial charge on any atom is 0.306 e. The van der Waals surface area contributed by atoms with E-state index in [0.29, 0.717) is 102 Å². The number of hydrogen-bond donors (Lipinski definition) is 4. The van der Waals surface area contributed by atoms with E-state index in [1.807, 2.05) is 59.0 Å². The van der Waals surface area contributed by atoms with Crippen molar-refractivity contribution in [2.45, 2.75) is 136 Å². The van der Waals surface area contributed by atoms with Gasteiger partial charge >= 0.3 is 11.9 Å². The Morgan fingerprint density at radius 2 is 1.26 bits per heavy atom. The molecule has 0 aliphatic heterocycles. The normalized spacial score (nSPS) is 19.2. The highest BCUT2D eigenvalue weighted by molar-refractivity contribution is 5.70. The van der Waals surface area contributed by atoms with Crippen molar-refractivity contribution in [3.8, 4) is 34.3 Å². The van der Waals surface area contributed by atoms with Crippen LogP contribution in [0.15, 0.2) is 28.8 Å². The molecule has 0 unspecified atom stereocenters. The average molecular weight is 953 g/mol. The summed E-state index contributed by atoms with van der Waals surface area (Å²) in [5.74, 6) is 0.998. The Morgan fingerprint density at radius 3 is 1.75 bits per heavy atom. The molecule has 6 aromatic heterocycles. The summed E-state index contributed by atoms with van der Waals surface area (Å²) in [4.78, 5) is 38.0. The van der Waals surface area contributed by atoms with E-state index in [4.69, 9.17) is 23.7 Å². The maximum atomic E-state index is 11.3. The van der Waals surface area contributed by atoms with Gasteiger partial charge in [-0.05, 0) is 132 Å². The molecule has 368 valence electrons. The molecule has 3 aliphatic rings. The van der Waals surface area contributed by atoms with Gasteiger partial charge in [0.15, 0.2) is 0 Å². The van der Waals surface area contributed by atoms with Crippen molar-refractivity contribution in [1.29, 1.82) is 0 Å². The first-order valence-electron chi connectivity index (χ1n) is 23.5. The average Bonchev–Trinajstić information content (AvgIpc) is 3.61. The summed E-state index contributed by atoms with van der Waals surface area (Å²) < 4.78 is 26.3. The van der Waals surface area contributed by atoms with E-state index < -0.39 is 11.9 Å². The van der Waals surface area contributed by atoms with Gasteiger partial charge in [0.25, 0.3) is 17.8 Å². The van der Waals surface area contributed by atoms with Crippen LogP contribution < -0.4 is 20.1 Å². The molecule has 3 fully saturated rings. The molecule has 0 bridgehead atoms. The second-order valence-corrected chi connectivity index (χ2v) is 18.1. The third kappa shape index (κ3) is 12.7. The van der Waals surface area contributed by atoms with Gasteiger partial charge in [0.1, 0.15) is 29.5 Å². The van der Waals surface area contributed by atoms with Gasteiger partial charge in [-0.3, -0.25) is 9.59 Å². The SMILES string of the molecule is Cc1nc(-c2nnn(C)c2CNc2nnn(CC3CC3)n2)ccc1O[C@H]1CCC[C@H](C(=O)O)C1.Cc1nc(-c2nnn(C)c2CNc2noc(COC(C)C)n2)ccc1O[C@H]1CCC[C@H](C(=O)O)C1. The second-order valence-electron chi connectivity index (χ2n) is 18.1. The van der Waals surface area contributed by atoms with E-state index in [0.717, 1.165) is 49.3 Å². The first-order chi connectivity index (χ1) is 33.3. The first-order valence-corrected chi connectivity index (χ1v) is 23.5. The number of anilines is 2. The molecule has 0 aromatic carbocycles. The smallest absolute Gasteiger partial charge is 0.306 e. The summed E-state index contributed by atoms with van der Waals surface area (Å²) in [6, 6.07) is 7.42. The summed E-state index contributed by atoms with van der Waals surface area (Å²) in [6.45, 7) is 9.46. The van der Waals surface area contributed by atoms with Crippen LogP contribution in [0.2, 0.25) is 0 Å². The van der Waals surface area contributed by atoms with Gasteiger partial charge in [0.2, 0.25) is 0 Å². The molecule has 3 aliphatic carbocycles. The van der Waals surface area contributed by atoms with Gasteiger partial charge in [0.05, 0.1) is 83.9 Å². The molecule has 9 rings (SSSR count). The van der Waals surface area contributed by atoms with Crippen LogP contribution in [0, 0.1) is 31.6 Å². The van der Waals surface area contributed by atoms with E-state index in [1.165, 1.54) is 12.8 Å². The molecule has 6 aromatic rings. The number of pyridine rings is 2. The van der Waals surface area contributed by atoms with Crippen molar-refractivity contribution < 1.29 is 38.5 Å². The third-order valence-electron chi connectivity index (χ3n) is 12.4. The van der Waals surface area contributed by atoms with Crippen LogP contribution in [-0.2, 0) is 54.7 Å². The van der Waals surface area contributed by atoms with Crippen molar-refractivity contribution in [3.05, 3.63) is 52.9 Å². The number of nitrogens with one attached hydrogen (secondary N) is 2. The van der Waals surface area contributed by atoms with Crippen LogP contribution in [0.1, 0.15) is 107 Å². The number of aliphatic carboxylic acids is 2. The quantitative estimate of drug-likeness (QED) is 0.0796. The molecule has 4 atom stereocenters. The number of rotatable bonds is 19. The molecule has 6 heterocycles. The molecule has 69 heavy (non-hydrogen) atoms. The topological polar surface area (TPSA) is 296 Å². The summed E-state index contributed by atoms with van der Waals surface area (Å²) in [6.07, 6.45) is 8.12. The lowest BCUT2D eigenvalue weighted by molar-refractivity contribution is -0.144. The Balaban J connectivity index is 0.000000186. The molecule has 3 saturated carbocycles. The fraction of sp³-hybridized carbons (Fsp3) is 0.578. The number of carboxylic acid groups (broad SMARTS) is 2. The Bertz CT molecular complexity index is 2690. The highest BCUT2D eigenvalue weighted by Crippen LogP contribution is 2.33. The van der Waals surface area contributed by atoms with E-state index in [-0.39, 0.29) is 36.8 Å². The monoisotopic (exact) mass is 952 g/mol. The standard InChI is InChI=1S/C23H31N7O5.C22H29N9O3/c1-13(2)33-12-20-26-23(28-35-20)24-11-18-21(27-29-30(18)4)17-8-9-19(14(3)25-17)34-16-7-5-6-15(10-16)22(31)32;1-13-19(34-16-5-3-4-15(10-16)21(32)33)9-8-17(24-13)20-18(30(2)28-25-20)11-23-22-26-29-31(27-22)12-14-6-7-14/h8-9,13,15-16H,5-7,10-12H2,1-4H3,(H,24,28)(H,31,32);8-9,14-16H,3-7,10-12H2,1-2H3,(H,23,27)(H,32,33)/t2*15-,16-/m00/s1. The van der Waals surface area contributed by atoms with Crippen LogP contribution in [0.3, 0.4) is 0 Å². The van der Waals surface area contributed by atoms with Crippen LogP contribution in [0.5, 0.6) is 11.5 Å². The van der Waals surface area contributed by atoms with E-state index in [1.54, 1.807) is 21.2 Å². The lowest BCUT2D eigenvalue weighted by Gasteiger charge is -2.27. The number of aryl methyl sites for hydroxylation is 4. The van der Waals surface area contributed by atoms with Gasteiger partial charge in [-0.2, -0.15) is 9.78 Å². The molecular weight excluding hydrogens is 893 g/mol. The summed E-state index contributed by atoms with van der Waals surface area (Å²) in [5.41, 5.74) is 5.71. The number of ether oxygens (including phenoxy) is 3. The Kier molecular flexibility index (Phi) is 15.3. The summed E-state index contributed by atoms with van der Waals surface area (Å²) in [7, 11) is 3.63. The lowest BCUT2D eigenvalue weighted by Crippen LogP contribution is -2.29. The molecule has 0 amide bonds. The Morgan fingerprint density at radius 1 is 0.725 bits per heavy atom. The van der Waals surface area contributed by atoms with Crippen molar-refractivity contribution in [3.63, 3.8) is 0 Å². The van der Waals surface area contributed by atoms with Crippen molar-refractivity contribution in [2.75, 3.05) is 10.6 Å². The zero-order valence-corrected chi connectivity index (χ0v) is 39.8. The molecule has 0 saturated heterocycles. The van der Waals surface area contributed by atoms with E-state index in [9.17, 15) is 19.8 Å². The van der Waals surface area contributed by atoms with Crippen molar-refractivity contribution in [2.24, 2.45) is 31.8 Å². The maximum absolute atomic E-state index is 11.3. The predicted molar refractivity (Wildman–Crippen MR) is 245 cm³/mol. The van der Waals surface area contributed by atoms with Crippen molar-refractivity contribution >= 4 is 23.8 Å². The molecule has 0 spiro atoms. The van der Waals surface area contributed by atoms with Crippen LogP contribution in [0.4, 0.5) is 11.9 Å². The van der Waals surface area contributed by atoms with Gasteiger partial charge in [-0.1, -0.05) is 15.5 Å². The summed E-state index contributed by atoms with van der Waals surface area (Å²) >= 11 is 0. The number of carboxylic acids is 2. The number of hydrogen-bond acceptors (Lipinski definition) is 19. The minimum Gasteiger partial charge on any atom is -0.489 e. The van der Waals surface area contributed by atoms with Crippen LogP contribution >= 0.6 is 0 Å². The van der Waals surface area contributed by atoms with Gasteiger partial charge in [0, 0.05) is 14.1 Å². The largest absolute Gasteiger partial charge is 0.489 e. The molecule has 0 radical (unpaired) electrons. The van der Waals surface area contributed by atoms with Gasteiger partial charge < -0.3 is 39.6 Å². The number of aromatic nitrogens is 14. The predicted octanol–water partition coefficient (Wildman–Crippen LogP) is 5.34. The minimum absolute atomic E-state index is 0.0680. The molecule has 24 nitrogen and oxygen atoms in total. The molecule has 4 N–H and O–H groups in total. The van der Waals surface area contributed by atoms with Crippen LogP contribution in [0.25, 0.3) is 22.8 Å². The van der Waals surface area contributed by atoms with E-state index in [2.05, 4.69) is 61.8 Å². The second kappa shape index (κ2) is 21.9. The zero-order chi connectivity index (χ0) is 48.6. The zero-order valence-electron chi connectivity index (χ0n) is 39.8. The molecular formula is C45H60N16O8. The van der Waals surface area contributed by atoms with Gasteiger partial charge in [-0.15, -0.1) is 15.3 Å². The fourth-order valence-corrected chi connectivity index (χ4v) is 8.34. The fourth-order valence-electron chi connectivity index (χ4n) is 8.34. The van der Waals surface area contributed by atoms with Gasteiger partial charge in [-0.25, -0.2) is 19.3 Å². The Labute approximate surface area is 397 Å². The third-order valence-corrected chi connectivity index (χ3v) is 12.4. The lowest BCUT2D eigenvalue weighted by atomic mass is 9.87. The first kappa shape index (κ1) is 48.4. The summed E-state index contributed by atoms with van der Waals surface area (Å²) in [5, 5.41) is 58.4. The highest BCUT2D eigenvalue weighted by atomic mass is 16.5. The van der Waals surface area contributed by atoms with Crippen LogP contribution in [-0.4, -0.2) is 111 Å². The number of carbonyl (C=O) groups is 2. The minimum atomic E-state index is -0.756. The van der Waals surface area contributed by atoms with Crippen molar-refractivity contribution in [1.82, 2.24) is 70.3 Å². The number of nitrogens with zero attached hydrogens (tertiary/aromatic N) is 14. The van der Waals surface area contributed by atoms with E-state index >= 15 is 0 Å². The Hall–Kier alpha value is -7.11. The molecule has 24 heteroatoms. The number of tetrazole rings is 1. The highest BCUT2D eigenvalue weighted by Gasteiger charge is 2.30.